The molecule has 0 radical (unpaired) electrons. The van der Waals surface area contributed by atoms with E-state index in [1.165, 1.54) is 12.1 Å². The molecule has 1 aromatic rings. The van der Waals surface area contributed by atoms with Gasteiger partial charge in [0.25, 0.3) is 0 Å². The summed E-state index contributed by atoms with van der Waals surface area (Å²) >= 11 is 0. The van der Waals surface area contributed by atoms with Crippen LogP contribution in [0.25, 0.3) is 0 Å². The Kier molecular flexibility index (Phi) is 10.1. The second-order valence-electron chi connectivity index (χ2n) is 8.71. The lowest BCUT2D eigenvalue weighted by atomic mass is 9.86. The highest BCUT2D eigenvalue weighted by molar-refractivity contribution is 5.90. The number of aromatic hydroxyl groups is 2. The van der Waals surface area contributed by atoms with Gasteiger partial charge in [-0.1, -0.05) is 12.1 Å². The highest BCUT2D eigenvalue weighted by Crippen LogP contribution is 2.36. The Morgan fingerprint density at radius 1 is 1.08 bits per heavy atom. The molecule has 0 bridgehead atoms. The molecule has 3 rings (SSSR count). The molecular weight excluding hydrogens is 508 g/mol. The van der Waals surface area contributed by atoms with Crippen LogP contribution < -0.4 is 0 Å². The number of hydrogen-bond donors (Lipinski definition) is 6. The summed E-state index contributed by atoms with van der Waals surface area (Å²) in [7, 11) is 1.16. The molecule has 13 heteroatoms. The number of carbonyl (C=O) groups excluding carboxylic acids is 2. The number of methoxy groups -OCH3 is 1. The normalized spacial score (nSPS) is 30.3. The number of ether oxygens (including phenoxy) is 5. The van der Waals surface area contributed by atoms with Crippen molar-refractivity contribution >= 4 is 11.9 Å². The van der Waals surface area contributed by atoms with Gasteiger partial charge in [-0.05, 0) is 24.6 Å². The average Bonchev–Trinajstić information content (AvgIpc) is 2.90. The number of carbonyl (C=O) groups is 2. The van der Waals surface area contributed by atoms with Crippen molar-refractivity contribution in [2.75, 3.05) is 20.3 Å². The number of phenols is 2. The van der Waals surface area contributed by atoms with Crippen molar-refractivity contribution in [3.8, 4) is 11.5 Å². The Morgan fingerprint density at radius 2 is 1.82 bits per heavy atom. The van der Waals surface area contributed by atoms with E-state index in [0.717, 1.165) is 13.4 Å². The van der Waals surface area contributed by atoms with Crippen LogP contribution in [0.3, 0.4) is 0 Å². The first-order valence-electron chi connectivity index (χ1n) is 11.8. The van der Waals surface area contributed by atoms with Gasteiger partial charge < -0.3 is 54.3 Å². The Morgan fingerprint density at radius 3 is 2.45 bits per heavy atom. The van der Waals surface area contributed by atoms with Gasteiger partial charge in [0.05, 0.1) is 38.6 Å². The number of benzene rings is 1. The SMILES string of the molecule is C/C=C1/[C@H](O[C@@H]2OC(CO)C(O)C(O)C2O)OC=C(C(=O)OC)[C@H]1CC(=O)OCCc1ccc(O)c(O)c1. The summed E-state index contributed by atoms with van der Waals surface area (Å²) < 4.78 is 26.7. The predicted molar refractivity (Wildman–Crippen MR) is 126 cm³/mol. The molecule has 1 saturated heterocycles. The van der Waals surface area contributed by atoms with E-state index in [1.807, 2.05) is 0 Å². The Labute approximate surface area is 218 Å². The van der Waals surface area contributed by atoms with Crippen LogP contribution in [-0.2, 0) is 39.7 Å². The number of hydrogen-bond acceptors (Lipinski definition) is 13. The molecule has 0 aromatic heterocycles. The van der Waals surface area contributed by atoms with Crippen LogP contribution in [0, 0.1) is 5.92 Å². The van der Waals surface area contributed by atoms with Gasteiger partial charge in [-0.2, -0.15) is 0 Å². The van der Waals surface area contributed by atoms with Gasteiger partial charge in [-0.3, -0.25) is 4.79 Å². The van der Waals surface area contributed by atoms with Crippen molar-refractivity contribution < 1.29 is 63.9 Å². The fourth-order valence-electron chi connectivity index (χ4n) is 4.16. The first-order valence-corrected chi connectivity index (χ1v) is 11.8. The molecule has 0 amide bonds. The lowest BCUT2D eigenvalue weighted by molar-refractivity contribution is -0.327. The zero-order valence-electron chi connectivity index (χ0n) is 20.8. The molecule has 6 N–H and O–H groups in total. The number of aliphatic hydroxyl groups excluding tert-OH is 4. The van der Waals surface area contributed by atoms with Gasteiger partial charge in [0, 0.05) is 17.9 Å². The molecule has 1 fully saturated rings. The van der Waals surface area contributed by atoms with Crippen molar-refractivity contribution in [1.82, 2.24) is 0 Å². The van der Waals surface area contributed by atoms with E-state index in [-0.39, 0.29) is 36.5 Å². The van der Waals surface area contributed by atoms with Crippen LogP contribution in [-0.4, -0.2) is 99.9 Å². The Hall–Kier alpha value is -3.20. The summed E-state index contributed by atoms with van der Waals surface area (Å²) in [4.78, 5) is 25.1. The second kappa shape index (κ2) is 13.0. The van der Waals surface area contributed by atoms with E-state index in [1.54, 1.807) is 19.1 Å². The van der Waals surface area contributed by atoms with Gasteiger partial charge in [0.15, 0.2) is 17.8 Å². The fourth-order valence-corrected chi connectivity index (χ4v) is 4.16. The molecule has 38 heavy (non-hydrogen) atoms. The smallest absolute Gasteiger partial charge is 0.337 e. The maximum atomic E-state index is 12.7. The Bertz CT molecular complexity index is 1050. The van der Waals surface area contributed by atoms with Crippen molar-refractivity contribution in [1.29, 1.82) is 0 Å². The summed E-state index contributed by atoms with van der Waals surface area (Å²) in [6, 6.07) is 4.23. The molecule has 210 valence electrons. The van der Waals surface area contributed by atoms with Gasteiger partial charge in [0.1, 0.15) is 24.4 Å². The minimum absolute atomic E-state index is 0.00894. The monoisotopic (exact) mass is 540 g/mol. The van der Waals surface area contributed by atoms with Crippen molar-refractivity contribution in [3.63, 3.8) is 0 Å². The zero-order chi connectivity index (χ0) is 28.0. The Balaban J connectivity index is 1.71. The molecule has 0 aliphatic carbocycles. The molecule has 1 aromatic carbocycles. The topological polar surface area (TPSA) is 202 Å². The second-order valence-corrected chi connectivity index (χ2v) is 8.71. The van der Waals surface area contributed by atoms with E-state index in [2.05, 4.69) is 0 Å². The summed E-state index contributed by atoms with van der Waals surface area (Å²) in [5.41, 5.74) is 0.927. The predicted octanol–water partition coefficient (Wildman–Crippen LogP) is -0.634. The van der Waals surface area contributed by atoms with Crippen LogP contribution in [0.2, 0.25) is 0 Å². The van der Waals surface area contributed by atoms with Gasteiger partial charge in [-0.15, -0.1) is 0 Å². The molecule has 2 aliphatic heterocycles. The number of esters is 2. The van der Waals surface area contributed by atoms with Crippen LogP contribution in [0.4, 0.5) is 0 Å². The number of phenolic OH excluding ortho intramolecular Hbond substituents is 2. The highest BCUT2D eigenvalue weighted by Gasteiger charge is 2.46. The van der Waals surface area contributed by atoms with E-state index in [0.29, 0.717) is 11.1 Å². The standard InChI is InChI=1S/C25H32O13/c1-3-13-14(9-19(29)35-7-6-12-4-5-16(27)17(28)8-12)15(23(33)34-2)11-36-24(13)38-25-22(32)21(31)20(30)18(10-26)37-25/h3-5,8,11,14,18,20-22,24-28,30-32H,6-7,9-10H2,1-2H3/b13-3+/t14-,18?,20?,21?,22?,24-,25-/m0/s1. The fraction of sp³-hybridized carbons (Fsp3) is 0.520. The summed E-state index contributed by atoms with van der Waals surface area (Å²) in [5.74, 6) is -2.89. The molecule has 13 nitrogen and oxygen atoms in total. The van der Waals surface area contributed by atoms with Crippen LogP contribution in [0.5, 0.6) is 11.5 Å². The summed E-state index contributed by atoms with van der Waals surface area (Å²) in [6.07, 6.45) is -6.39. The lowest BCUT2D eigenvalue weighted by Crippen LogP contribution is -2.60. The highest BCUT2D eigenvalue weighted by atomic mass is 16.8. The lowest BCUT2D eigenvalue weighted by Gasteiger charge is -2.41. The van der Waals surface area contributed by atoms with Gasteiger partial charge in [0.2, 0.25) is 6.29 Å². The third-order valence-corrected chi connectivity index (χ3v) is 6.29. The zero-order valence-corrected chi connectivity index (χ0v) is 20.8. The first kappa shape index (κ1) is 29.4. The number of rotatable bonds is 9. The minimum Gasteiger partial charge on any atom is -0.504 e. The molecule has 0 saturated carbocycles. The summed E-state index contributed by atoms with van der Waals surface area (Å²) in [5, 5.41) is 58.8. The maximum Gasteiger partial charge on any atom is 0.337 e. The summed E-state index contributed by atoms with van der Waals surface area (Å²) in [6.45, 7) is 0.912. The van der Waals surface area contributed by atoms with Crippen molar-refractivity contribution in [2.45, 2.75) is 56.8 Å². The number of aliphatic hydroxyl groups is 4. The quantitative estimate of drug-likeness (QED) is 0.131. The van der Waals surface area contributed by atoms with Crippen LogP contribution >= 0.6 is 0 Å². The molecular formula is C25H32O13. The molecule has 4 unspecified atom stereocenters. The van der Waals surface area contributed by atoms with Gasteiger partial charge >= 0.3 is 11.9 Å². The van der Waals surface area contributed by atoms with Crippen LogP contribution in [0.15, 0.2) is 41.7 Å². The van der Waals surface area contributed by atoms with E-state index in [9.17, 15) is 40.2 Å². The van der Waals surface area contributed by atoms with Crippen LogP contribution in [0.1, 0.15) is 18.9 Å². The van der Waals surface area contributed by atoms with Crippen molar-refractivity contribution in [2.24, 2.45) is 5.92 Å². The first-order chi connectivity index (χ1) is 18.1. The van der Waals surface area contributed by atoms with E-state index >= 15 is 0 Å². The third-order valence-electron chi connectivity index (χ3n) is 6.29. The molecule has 2 aliphatic rings. The van der Waals surface area contributed by atoms with Gasteiger partial charge in [-0.25, -0.2) is 4.79 Å². The van der Waals surface area contributed by atoms with E-state index in [4.69, 9.17) is 23.7 Å². The van der Waals surface area contributed by atoms with E-state index < -0.39 is 61.5 Å². The molecule has 2 heterocycles. The third kappa shape index (κ3) is 6.62. The minimum atomic E-state index is -1.69. The maximum absolute atomic E-state index is 12.7. The van der Waals surface area contributed by atoms with Crippen molar-refractivity contribution in [3.05, 3.63) is 47.2 Å². The average molecular weight is 541 g/mol. The molecule has 7 atom stereocenters. The molecule has 0 spiro atoms. The largest absolute Gasteiger partial charge is 0.504 e. The number of allylic oxidation sites excluding steroid dienone is 1.